The Hall–Kier alpha value is -4.19. The van der Waals surface area contributed by atoms with Crippen LogP contribution in [-0.4, -0.2) is 34.2 Å². The monoisotopic (exact) mass is 558 g/mol. The Balaban J connectivity index is 1.88. The molecule has 0 aliphatic carbocycles. The van der Waals surface area contributed by atoms with E-state index >= 15 is 0 Å². The summed E-state index contributed by atoms with van der Waals surface area (Å²) in [7, 11) is -3.37. The molecule has 2 aromatic heterocycles. The van der Waals surface area contributed by atoms with Gasteiger partial charge < -0.3 is 10.3 Å². The zero-order valence-electron chi connectivity index (χ0n) is 21.3. The van der Waals surface area contributed by atoms with E-state index in [9.17, 15) is 31.2 Å². The maximum absolute atomic E-state index is 13.4. The molecule has 2 N–H and O–H groups in total. The number of primary amides is 1. The van der Waals surface area contributed by atoms with E-state index in [0.29, 0.717) is 17.1 Å². The van der Waals surface area contributed by atoms with Gasteiger partial charge in [0.25, 0.3) is 11.5 Å². The van der Waals surface area contributed by atoms with Gasteiger partial charge in [0.15, 0.2) is 9.84 Å². The fourth-order valence-electron chi connectivity index (χ4n) is 4.27. The normalized spacial score (nSPS) is 12.1. The van der Waals surface area contributed by atoms with Crippen molar-refractivity contribution in [2.45, 2.75) is 38.4 Å². The molecule has 0 aliphatic rings. The Morgan fingerprint density at radius 1 is 1.05 bits per heavy atom. The van der Waals surface area contributed by atoms with Crippen molar-refractivity contribution in [2.24, 2.45) is 5.73 Å². The summed E-state index contributed by atoms with van der Waals surface area (Å²) in [5, 5.41) is 0. The summed E-state index contributed by atoms with van der Waals surface area (Å²) >= 11 is 0. The molecule has 4 aromatic rings. The number of aromatic nitrogens is 3. The molecule has 12 heteroatoms. The second kappa shape index (κ2) is 10.2. The first-order chi connectivity index (χ1) is 18.2. The highest BCUT2D eigenvalue weighted by Crippen LogP contribution is 2.31. The van der Waals surface area contributed by atoms with Gasteiger partial charge in [-0.25, -0.2) is 13.4 Å². The molecule has 0 saturated carbocycles. The van der Waals surface area contributed by atoms with Crippen LogP contribution in [0.1, 0.15) is 39.8 Å². The summed E-state index contributed by atoms with van der Waals surface area (Å²) < 4.78 is 67.3. The molecule has 0 unspecified atom stereocenters. The first kappa shape index (κ1) is 27.8. The minimum absolute atomic E-state index is 0.0276. The second-order valence-electron chi connectivity index (χ2n) is 8.97. The summed E-state index contributed by atoms with van der Waals surface area (Å²) in [4.78, 5) is 30.1. The molecule has 1 amide bonds. The number of halogens is 3. The molecule has 0 saturated heterocycles. The minimum Gasteiger partial charge on any atom is -0.365 e. The van der Waals surface area contributed by atoms with Gasteiger partial charge in [0.05, 0.1) is 16.2 Å². The number of benzene rings is 2. The number of nitrogens with zero attached hydrogens (tertiary/aromatic N) is 3. The van der Waals surface area contributed by atoms with Crippen LogP contribution in [0.2, 0.25) is 0 Å². The third-order valence-electron chi connectivity index (χ3n) is 6.44. The van der Waals surface area contributed by atoms with Crippen LogP contribution < -0.4 is 11.3 Å². The topological polar surface area (TPSA) is 117 Å². The van der Waals surface area contributed by atoms with E-state index in [1.165, 1.54) is 30.3 Å². The number of carbonyl (C=O) groups excluding carboxylic acids is 1. The molecular weight excluding hydrogens is 533 g/mol. The van der Waals surface area contributed by atoms with Crippen LogP contribution in [0.25, 0.3) is 17.1 Å². The molecule has 0 fully saturated rings. The summed E-state index contributed by atoms with van der Waals surface area (Å²) in [6.45, 7) is 5.16. The van der Waals surface area contributed by atoms with Gasteiger partial charge >= 0.3 is 6.18 Å². The minimum atomic E-state index is -4.64. The number of alkyl halides is 3. The Kier molecular flexibility index (Phi) is 7.26. The lowest BCUT2D eigenvalue weighted by atomic mass is 10.1. The number of carbonyl (C=O) groups is 1. The zero-order valence-corrected chi connectivity index (χ0v) is 22.1. The number of hydrogen-bond acceptors (Lipinski definition) is 5. The van der Waals surface area contributed by atoms with Crippen molar-refractivity contribution in [3.63, 3.8) is 0 Å². The van der Waals surface area contributed by atoms with Crippen LogP contribution in [0.3, 0.4) is 0 Å². The number of aryl methyl sites for hydroxylation is 1. The highest BCUT2D eigenvalue weighted by Gasteiger charge is 2.31. The lowest BCUT2D eigenvalue weighted by Crippen LogP contribution is -2.31. The van der Waals surface area contributed by atoms with E-state index in [0.717, 1.165) is 22.3 Å². The van der Waals surface area contributed by atoms with Gasteiger partial charge in [0.1, 0.15) is 11.4 Å². The largest absolute Gasteiger partial charge is 0.416 e. The van der Waals surface area contributed by atoms with Crippen LogP contribution in [0.15, 0.2) is 70.5 Å². The van der Waals surface area contributed by atoms with Crippen molar-refractivity contribution in [1.29, 1.82) is 0 Å². The number of imidazole rings is 1. The molecule has 2 aromatic carbocycles. The van der Waals surface area contributed by atoms with Crippen LogP contribution in [0, 0.1) is 13.8 Å². The molecule has 2 heterocycles. The number of rotatable bonds is 7. The van der Waals surface area contributed by atoms with Crippen molar-refractivity contribution in [1.82, 2.24) is 14.1 Å². The summed E-state index contributed by atoms with van der Waals surface area (Å²) in [6.07, 6.45) is -3.06. The fraction of sp³-hybridized carbons (Fsp3) is 0.222. The number of hydrogen-bond donors (Lipinski definition) is 1. The van der Waals surface area contributed by atoms with Crippen molar-refractivity contribution in [3.05, 3.63) is 99.2 Å². The van der Waals surface area contributed by atoms with Crippen LogP contribution in [0.5, 0.6) is 0 Å². The maximum Gasteiger partial charge on any atom is 0.416 e. The highest BCUT2D eigenvalue weighted by molar-refractivity contribution is 7.91. The van der Waals surface area contributed by atoms with E-state index in [2.05, 4.69) is 4.98 Å². The van der Waals surface area contributed by atoms with E-state index < -0.39 is 38.6 Å². The van der Waals surface area contributed by atoms with Gasteiger partial charge in [-0.05, 0) is 55.8 Å². The summed E-state index contributed by atoms with van der Waals surface area (Å²) in [5.41, 5.74) is 5.21. The average molecular weight is 559 g/mol. The molecule has 39 heavy (non-hydrogen) atoms. The molecule has 8 nitrogen and oxygen atoms in total. The highest BCUT2D eigenvalue weighted by atomic mass is 32.2. The lowest BCUT2D eigenvalue weighted by Gasteiger charge is -2.18. The van der Waals surface area contributed by atoms with Crippen LogP contribution >= 0.6 is 0 Å². The molecule has 0 aliphatic heterocycles. The Bertz CT molecular complexity index is 1740. The van der Waals surface area contributed by atoms with Crippen molar-refractivity contribution >= 4 is 15.7 Å². The van der Waals surface area contributed by atoms with Crippen molar-refractivity contribution in [2.75, 3.05) is 5.75 Å². The molecule has 4 rings (SSSR count). The number of amides is 1. The predicted molar refractivity (Wildman–Crippen MR) is 140 cm³/mol. The van der Waals surface area contributed by atoms with Gasteiger partial charge in [0.2, 0.25) is 0 Å². The predicted octanol–water partition coefficient (Wildman–Crippen LogP) is 4.28. The molecule has 0 atom stereocenters. The SMILES string of the molecule is CCS(=O)(=O)c1ccc(Cn2c(C)cnc2-c2cc(C(N)=O)c(=O)n(-c3cccc(C(F)(F)F)c3)c2C)cc1. The van der Waals surface area contributed by atoms with Crippen LogP contribution in [0.4, 0.5) is 13.2 Å². The van der Waals surface area contributed by atoms with E-state index in [1.807, 2.05) is 0 Å². The molecule has 0 spiro atoms. The number of sulfone groups is 1. The zero-order chi connectivity index (χ0) is 28.7. The quantitative estimate of drug-likeness (QED) is 0.364. The first-order valence-electron chi connectivity index (χ1n) is 11.8. The van der Waals surface area contributed by atoms with E-state index in [4.69, 9.17) is 5.73 Å². The Morgan fingerprint density at radius 2 is 1.72 bits per heavy atom. The summed E-state index contributed by atoms with van der Waals surface area (Å²) in [5.74, 6) is -0.719. The van der Waals surface area contributed by atoms with Crippen molar-refractivity contribution < 1.29 is 26.4 Å². The van der Waals surface area contributed by atoms with Crippen molar-refractivity contribution in [3.8, 4) is 17.1 Å². The standard InChI is InChI=1S/C27H25F3N4O4S/c1-4-39(37,38)21-10-8-18(9-11-21)15-33-16(2)14-32-25(33)22-13-23(24(31)35)26(36)34(17(22)3)20-7-5-6-19(12-20)27(28,29)30/h5-14H,4,15H2,1-3H3,(H2,31,35). The Labute approximate surface area is 222 Å². The van der Waals surface area contributed by atoms with Gasteiger partial charge in [0, 0.05) is 35.4 Å². The Morgan fingerprint density at radius 3 is 2.31 bits per heavy atom. The third kappa shape index (κ3) is 5.37. The fourth-order valence-corrected chi connectivity index (χ4v) is 5.15. The smallest absolute Gasteiger partial charge is 0.365 e. The van der Waals surface area contributed by atoms with Gasteiger partial charge in [-0.1, -0.05) is 25.1 Å². The maximum atomic E-state index is 13.4. The molecule has 0 bridgehead atoms. The van der Waals surface area contributed by atoms with Crippen LogP contribution in [-0.2, 0) is 22.6 Å². The first-order valence-corrected chi connectivity index (χ1v) is 13.5. The van der Waals surface area contributed by atoms with E-state index in [1.54, 1.807) is 43.7 Å². The van der Waals surface area contributed by atoms with E-state index in [-0.39, 0.29) is 28.6 Å². The molecule has 0 radical (unpaired) electrons. The number of pyridine rings is 1. The third-order valence-corrected chi connectivity index (χ3v) is 8.19. The average Bonchev–Trinajstić information content (AvgIpc) is 3.23. The van der Waals surface area contributed by atoms with Gasteiger partial charge in [-0.3, -0.25) is 14.2 Å². The second-order valence-corrected chi connectivity index (χ2v) is 11.2. The van der Waals surface area contributed by atoms with Gasteiger partial charge in [-0.15, -0.1) is 0 Å². The summed E-state index contributed by atoms with van der Waals surface area (Å²) in [6, 6.07) is 11.9. The lowest BCUT2D eigenvalue weighted by molar-refractivity contribution is -0.137. The van der Waals surface area contributed by atoms with Gasteiger partial charge in [-0.2, -0.15) is 13.2 Å². The molecule has 204 valence electrons. The number of nitrogens with two attached hydrogens (primary N) is 1. The molecular formula is C27H25F3N4O4S.